The molecule has 0 N–H and O–H groups in total. The van der Waals surface area contributed by atoms with E-state index in [1.165, 1.54) is 19.3 Å². The van der Waals surface area contributed by atoms with Crippen LogP contribution in [-0.4, -0.2) is 37.9 Å². The highest BCUT2D eigenvalue weighted by Crippen LogP contribution is 2.06. The van der Waals surface area contributed by atoms with Gasteiger partial charge in [-0.3, -0.25) is 9.69 Å². The Balaban J connectivity index is -0.0000000537. The van der Waals surface area contributed by atoms with E-state index in [-0.39, 0.29) is 5.78 Å². The van der Waals surface area contributed by atoms with Crippen LogP contribution in [0.2, 0.25) is 0 Å². The maximum atomic E-state index is 9.69. The zero-order chi connectivity index (χ0) is 35.0. The summed E-state index contributed by atoms with van der Waals surface area (Å²) in [6, 6.07) is 0. The summed E-state index contributed by atoms with van der Waals surface area (Å²) < 4.78 is 4.31. The highest BCUT2D eigenvalue weighted by molar-refractivity contribution is 5.86. The van der Waals surface area contributed by atoms with Crippen LogP contribution < -0.4 is 0 Å². The number of ether oxygens (including phenoxy) is 1. The Labute approximate surface area is 264 Å². The van der Waals surface area contributed by atoms with Crippen LogP contribution in [0.1, 0.15) is 54.4 Å². The number of ketones is 1. The normalized spacial score (nSPS) is 7.57. The molecule has 0 unspecified atom stereocenters. The number of hydrogen-bond donors (Lipinski definition) is 0. The van der Waals surface area contributed by atoms with E-state index in [2.05, 4.69) is 94.7 Å². The van der Waals surface area contributed by atoms with Gasteiger partial charge in [0.05, 0.1) is 13.4 Å². The van der Waals surface area contributed by atoms with Gasteiger partial charge in [-0.15, -0.1) is 58.4 Å². The van der Waals surface area contributed by atoms with Crippen LogP contribution in [0.25, 0.3) is 0 Å². The molecule has 0 radical (unpaired) electrons. The molecule has 240 valence electrons. The summed E-state index contributed by atoms with van der Waals surface area (Å²) in [5, 5.41) is 0. The number of likely N-dealkylation sites (N-methyl/N-ethyl adjacent to an activating group) is 1. The Morgan fingerprint density at radius 2 is 1.17 bits per heavy atom. The Morgan fingerprint density at radius 3 is 1.26 bits per heavy atom. The minimum absolute atomic E-state index is 0.0185. The predicted octanol–water partition coefficient (Wildman–Crippen LogP) is 11.2. The highest BCUT2D eigenvalue weighted by atomic mass is 16.5. The largest absolute Gasteiger partial charge is 0.505 e. The fourth-order valence-corrected chi connectivity index (χ4v) is 1.41. The van der Waals surface area contributed by atoms with E-state index in [0.29, 0.717) is 5.92 Å². The maximum Gasteiger partial charge on any atom is 0.152 e. The number of methoxy groups -OCH3 is 1. The lowest BCUT2D eigenvalue weighted by atomic mass is 10.0. The molecule has 0 aromatic carbocycles. The third kappa shape index (κ3) is 152. The van der Waals surface area contributed by atoms with Crippen molar-refractivity contribution in [3.8, 4) is 12.3 Å². The van der Waals surface area contributed by atoms with Gasteiger partial charge < -0.3 is 4.74 Å². The molecule has 0 heterocycles. The fourth-order valence-electron chi connectivity index (χ4n) is 1.41. The van der Waals surface area contributed by atoms with E-state index in [4.69, 9.17) is 0 Å². The first-order valence-corrected chi connectivity index (χ1v) is 13.7. The van der Waals surface area contributed by atoms with Crippen molar-refractivity contribution in [3.05, 3.63) is 139 Å². The van der Waals surface area contributed by atoms with Crippen LogP contribution in [0.15, 0.2) is 139 Å². The SMILES string of the molecule is C#CC.C=CC.C=CC(C)=O.C=CC(C)C=C.C=CC=CC.C=CCC(C)CC=C.C=CCN(C)CC=C.C=COC. The quantitative estimate of drug-likeness (QED) is 0.0712. The third-order valence-electron chi connectivity index (χ3n) is 3.55. The van der Waals surface area contributed by atoms with Crippen molar-refractivity contribution in [3.63, 3.8) is 0 Å². The van der Waals surface area contributed by atoms with Crippen LogP contribution in [0, 0.1) is 24.2 Å². The minimum atomic E-state index is 0.0185. The lowest BCUT2D eigenvalue weighted by Crippen LogP contribution is -2.17. The lowest BCUT2D eigenvalue weighted by molar-refractivity contribution is -0.112. The van der Waals surface area contributed by atoms with Gasteiger partial charge in [-0.1, -0.05) is 94.3 Å². The number of terminal acetylenes is 1. The summed E-state index contributed by atoms with van der Waals surface area (Å²) in [6.07, 6.45) is 28.2. The molecule has 0 amide bonds. The number of carbonyl (C=O) groups excluding carboxylic acids is 1. The summed E-state index contributed by atoms with van der Waals surface area (Å²) in [5.41, 5.74) is 0. The van der Waals surface area contributed by atoms with Gasteiger partial charge in [0.1, 0.15) is 0 Å². The van der Waals surface area contributed by atoms with Crippen molar-refractivity contribution in [1.29, 1.82) is 0 Å². The molecule has 3 heteroatoms. The zero-order valence-electron chi connectivity index (χ0n) is 28.8. The second-order valence-corrected chi connectivity index (χ2v) is 7.96. The predicted molar refractivity (Wildman–Crippen MR) is 200 cm³/mol. The molecule has 0 bridgehead atoms. The average Bonchev–Trinajstić information content (AvgIpc) is 2.96. The van der Waals surface area contributed by atoms with Gasteiger partial charge in [0, 0.05) is 13.1 Å². The molecular formula is C39H67NO2. The van der Waals surface area contributed by atoms with E-state index in [9.17, 15) is 4.79 Å². The molecule has 0 aromatic rings. The smallest absolute Gasteiger partial charge is 0.152 e. The number of rotatable bonds is 13. The summed E-state index contributed by atoms with van der Waals surface area (Å²) >= 11 is 0. The molecule has 0 fully saturated rings. The fraction of sp³-hybridized carbons (Fsp3) is 0.359. The molecule has 0 aliphatic rings. The van der Waals surface area contributed by atoms with Gasteiger partial charge in [0.2, 0.25) is 0 Å². The molecule has 0 rings (SSSR count). The first-order chi connectivity index (χ1) is 19.9. The molecule has 3 nitrogen and oxygen atoms in total. The van der Waals surface area contributed by atoms with Gasteiger partial charge in [0.15, 0.2) is 5.78 Å². The summed E-state index contributed by atoms with van der Waals surface area (Å²) in [6.45, 7) is 48.0. The number of allylic oxidation sites excluding steroid dienone is 9. The highest BCUT2D eigenvalue weighted by Gasteiger charge is 1.92. The third-order valence-corrected chi connectivity index (χ3v) is 3.55. The maximum absolute atomic E-state index is 9.69. The number of hydrogen-bond acceptors (Lipinski definition) is 3. The van der Waals surface area contributed by atoms with Crippen molar-refractivity contribution in [2.45, 2.75) is 54.4 Å². The number of nitrogens with zero attached hydrogens (tertiary/aromatic N) is 1. The lowest BCUT2D eigenvalue weighted by Gasteiger charge is -2.09. The van der Waals surface area contributed by atoms with Crippen LogP contribution >= 0.6 is 0 Å². The zero-order valence-corrected chi connectivity index (χ0v) is 28.8. The van der Waals surface area contributed by atoms with Crippen molar-refractivity contribution in [1.82, 2.24) is 4.90 Å². The Hall–Kier alpha value is -3.87. The molecule has 0 spiro atoms. The van der Waals surface area contributed by atoms with E-state index >= 15 is 0 Å². The molecule has 0 atom stereocenters. The van der Waals surface area contributed by atoms with Gasteiger partial charge >= 0.3 is 0 Å². The van der Waals surface area contributed by atoms with Gasteiger partial charge in [0.25, 0.3) is 0 Å². The van der Waals surface area contributed by atoms with Gasteiger partial charge in [-0.25, -0.2) is 0 Å². The van der Waals surface area contributed by atoms with E-state index in [1.807, 2.05) is 76.4 Å². The Bertz CT molecular complexity index is 654. The molecule has 0 saturated carbocycles. The van der Waals surface area contributed by atoms with Gasteiger partial charge in [-0.2, -0.15) is 0 Å². The summed E-state index contributed by atoms with van der Waals surface area (Å²) in [7, 11) is 3.59. The van der Waals surface area contributed by atoms with Crippen LogP contribution in [-0.2, 0) is 9.53 Å². The van der Waals surface area contributed by atoms with Crippen molar-refractivity contribution in [2.75, 3.05) is 27.2 Å². The van der Waals surface area contributed by atoms with Crippen LogP contribution in [0.4, 0.5) is 0 Å². The Morgan fingerprint density at radius 1 is 0.857 bits per heavy atom. The van der Waals surface area contributed by atoms with Gasteiger partial charge in [-0.05, 0) is 65.5 Å². The van der Waals surface area contributed by atoms with Crippen molar-refractivity contribution >= 4 is 5.78 Å². The van der Waals surface area contributed by atoms with E-state index < -0.39 is 0 Å². The molecule has 42 heavy (non-hydrogen) atoms. The van der Waals surface area contributed by atoms with Crippen molar-refractivity contribution < 1.29 is 9.53 Å². The molecule has 0 aliphatic heterocycles. The average molecular weight is 582 g/mol. The molecule has 0 aliphatic carbocycles. The second kappa shape index (κ2) is 71.0. The topological polar surface area (TPSA) is 29.5 Å². The number of carbonyl (C=O) groups is 1. The minimum Gasteiger partial charge on any atom is -0.505 e. The molecule has 0 saturated heterocycles. The first-order valence-electron chi connectivity index (χ1n) is 13.7. The van der Waals surface area contributed by atoms with Crippen molar-refractivity contribution in [2.24, 2.45) is 11.8 Å². The van der Waals surface area contributed by atoms with E-state index in [1.54, 1.807) is 26.2 Å². The standard InChI is InChI=1S/C8H14.C7H13N.C6H10.C5H8.C4H6O.C3H6O.C3H6.C3H4/c2*1-4-6-8(3)7-5-2;1-4-6(3)5-2;1-3-5-4-2;1-3-4(2)5;1-3-4-2;2*1-3-2/h4-5,8H,1-2,6-7H2,3H3;4-5H,1-2,6-7H2,3H3;4-6H,1-2H2,3H3;3-5H,1H2,2H3;3H,1H2,2H3;3H,1H2,2H3;3H,1H2,2H3;1H,2H3. The molecular weight excluding hydrogens is 514 g/mol. The Kier molecular flexibility index (Phi) is 97.9. The van der Waals surface area contributed by atoms with Crippen LogP contribution in [0.3, 0.4) is 0 Å². The molecule has 0 aromatic heterocycles. The first kappa shape index (κ1) is 57.9. The monoisotopic (exact) mass is 582 g/mol. The second-order valence-electron chi connectivity index (χ2n) is 7.96. The summed E-state index contributed by atoms with van der Waals surface area (Å²) in [5.74, 6) is 3.46. The van der Waals surface area contributed by atoms with E-state index in [0.717, 1.165) is 31.8 Å². The van der Waals surface area contributed by atoms with Crippen LogP contribution in [0.5, 0.6) is 0 Å². The summed E-state index contributed by atoms with van der Waals surface area (Å²) in [4.78, 5) is 11.8.